The van der Waals surface area contributed by atoms with Gasteiger partial charge in [0.05, 0.1) is 11.7 Å². The van der Waals surface area contributed by atoms with Crippen molar-refractivity contribution in [3.05, 3.63) is 46.3 Å². The number of aromatic amines is 1. The van der Waals surface area contributed by atoms with E-state index in [1.807, 2.05) is 6.20 Å². The number of hydrogen-bond acceptors (Lipinski definition) is 7. The van der Waals surface area contributed by atoms with Crippen LogP contribution in [0.3, 0.4) is 0 Å². The van der Waals surface area contributed by atoms with Crippen LogP contribution in [0.15, 0.2) is 35.8 Å². The fourth-order valence-electron chi connectivity index (χ4n) is 2.71. The van der Waals surface area contributed by atoms with Crippen molar-refractivity contribution in [3.63, 3.8) is 0 Å². The molecule has 0 aliphatic carbocycles. The van der Waals surface area contributed by atoms with Gasteiger partial charge in [-0.1, -0.05) is 17.4 Å². The van der Waals surface area contributed by atoms with E-state index in [9.17, 15) is 0 Å². The molecule has 128 valence electrons. The van der Waals surface area contributed by atoms with Crippen LogP contribution in [-0.4, -0.2) is 33.0 Å². The van der Waals surface area contributed by atoms with E-state index in [1.165, 1.54) is 4.88 Å². The summed E-state index contributed by atoms with van der Waals surface area (Å²) in [4.78, 5) is 1.30. The zero-order valence-corrected chi connectivity index (χ0v) is 15.3. The molecule has 0 fully saturated rings. The predicted octanol–water partition coefficient (Wildman–Crippen LogP) is 3.43. The van der Waals surface area contributed by atoms with Gasteiger partial charge in [-0.15, -0.1) is 21.5 Å². The first-order chi connectivity index (χ1) is 12.2. The minimum atomic E-state index is 0.0509. The normalized spacial score (nSPS) is 12.6. The fourth-order valence-corrected chi connectivity index (χ4v) is 4.34. The van der Waals surface area contributed by atoms with Crippen LogP contribution in [-0.2, 0) is 6.42 Å². The first-order valence-electron chi connectivity index (χ1n) is 7.98. The average molecular weight is 371 g/mol. The fraction of sp³-hybridized carbons (Fsp3) is 0.235. The Bertz CT molecular complexity index is 972. The highest BCUT2D eigenvalue weighted by Gasteiger charge is 2.12. The third kappa shape index (κ3) is 3.55. The molecule has 1 aromatic carbocycles. The molecule has 4 N–H and O–H groups in total. The number of hydrogen-bond donors (Lipinski definition) is 3. The summed E-state index contributed by atoms with van der Waals surface area (Å²) in [7, 11) is 0. The monoisotopic (exact) mass is 370 g/mol. The molecule has 0 radical (unpaired) electrons. The van der Waals surface area contributed by atoms with Gasteiger partial charge in [-0.3, -0.25) is 5.10 Å². The summed E-state index contributed by atoms with van der Waals surface area (Å²) in [5.41, 5.74) is 9.46. The SMILES string of the molecule is Cc1cc2[nH]ncc2cc1-c1nnc(NC[C@@H](N)Cc2cccs2)s1. The Hall–Kier alpha value is -2.29. The third-order valence-corrected chi connectivity index (χ3v) is 5.81. The van der Waals surface area contributed by atoms with Crippen LogP contribution in [0.5, 0.6) is 0 Å². The maximum absolute atomic E-state index is 6.20. The lowest BCUT2D eigenvalue weighted by Gasteiger charge is -2.10. The molecule has 0 amide bonds. The zero-order chi connectivity index (χ0) is 17.2. The second-order valence-electron chi connectivity index (χ2n) is 5.96. The Morgan fingerprint density at radius 3 is 3.08 bits per heavy atom. The summed E-state index contributed by atoms with van der Waals surface area (Å²) in [6.45, 7) is 2.74. The van der Waals surface area contributed by atoms with Crippen molar-refractivity contribution in [1.82, 2.24) is 20.4 Å². The highest BCUT2D eigenvalue weighted by Crippen LogP contribution is 2.31. The Morgan fingerprint density at radius 1 is 1.32 bits per heavy atom. The Labute approximate surface area is 153 Å². The molecule has 8 heteroatoms. The second-order valence-corrected chi connectivity index (χ2v) is 7.97. The van der Waals surface area contributed by atoms with E-state index >= 15 is 0 Å². The third-order valence-electron chi connectivity index (χ3n) is 4.00. The number of benzene rings is 1. The van der Waals surface area contributed by atoms with Gasteiger partial charge < -0.3 is 11.1 Å². The molecule has 0 unspecified atom stereocenters. The quantitative estimate of drug-likeness (QED) is 0.483. The summed E-state index contributed by atoms with van der Waals surface area (Å²) in [5.74, 6) is 0. The summed E-state index contributed by atoms with van der Waals surface area (Å²) < 4.78 is 0. The van der Waals surface area contributed by atoms with Crippen LogP contribution in [0.1, 0.15) is 10.4 Å². The standard InChI is InChI=1S/C17H18N6S2/c1-10-5-15-11(8-20-21-15)6-14(10)16-22-23-17(25-16)19-9-12(18)7-13-3-2-4-24-13/h2-6,8,12H,7,9,18H2,1H3,(H,19,23)(H,20,21)/t12-/m0/s1. The number of nitrogens with zero attached hydrogens (tertiary/aromatic N) is 3. The highest BCUT2D eigenvalue weighted by molar-refractivity contribution is 7.18. The second kappa shape index (κ2) is 6.91. The number of nitrogens with two attached hydrogens (primary N) is 1. The lowest BCUT2D eigenvalue weighted by atomic mass is 10.1. The van der Waals surface area contributed by atoms with Crippen LogP contribution in [0.4, 0.5) is 5.13 Å². The van der Waals surface area contributed by atoms with Crippen LogP contribution in [0.2, 0.25) is 0 Å². The number of H-pyrrole nitrogens is 1. The van der Waals surface area contributed by atoms with Crippen LogP contribution in [0, 0.1) is 6.92 Å². The topological polar surface area (TPSA) is 92.5 Å². The van der Waals surface area contributed by atoms with Crippen LogP contribution in [0.25, 0.3) is 21.5 Å². The lowest BCUT2D eigenvalue weighted by molar-refractivity contribution is 0.705. The van der Waals surface area contributed by atoms with Crippen molar-refractivity contribution >= 4 is 38.7 Å². The molecule has 6 nitrogen and oxygen atoms in total. The smallest absolute Gasteiger partial charge is 0.206 e. The molecule has 0 bridgehead atoms. The molecule has 3 aromatic heterocycles. The predicted molar refractivity (Wildman–Crippen MR) is 104 cm³/mol. The number of thiophene rings is 1. The Kier molecular flexibility index (Phi) is 4.48. The van der Waals surface area contributed by atoms with E-state index in [0.717, 1.165) is 38.6 Å². The van der Waals surface area contributed by atoms with E-state index in [2.05, 4.69) is 62.3 Å². The summed E-state index contributed by atoms with van der Waals surface area (Å²) in [6, 6.07) is 8.40. The highest BCUT2D eigenvalue weighted by atomic mass is 32.1. The maximum atomic E-state index is 6.20. The van der Waals surface area contributed by atoms with E-state index in [0.29, 0.717) is 6.54 Å². The number of nitrogens with one attached hydrogen (secondary N) is 2. The maximum Gasteiger partial charge on any atom is 0.206 e. The van der Waals surface area contributed by atoms with Crippen molar-refractivity contribution in [3.8, 4) is 10.6 Å². The largest absolute Gasteiger partial charge is 0.359 e. The van der Waals surface area contributed by atoms with Crippen molar-refractivity contribution < 1.29 is 0 Å². The average Bonchev–Trinajstić information content (AvgIpc) is 3.33. The molecule has 0 saturated carbocycles. The van der Waals surface area contributed by atoms with Crippen molar-refractivity contribution in [1.29, 1.82) is 0 Å². The zero-order valence-electron chi connectivity index (χ0n) is 13.7. The van der Waals surface area contributed by atoms with Gasteiger partial charge in [-0.2, -0.15) is 5.10 Å². The molecule has 0 saturated heterocycles. The molecule has 1 atom stereocenters. The van der Waals surface area contributed by atoms with Gasteiger partial charge >= 0.3 is 0 Å². The molecular weight excluding hydrogens is 352 g/mol. The van der Waals surface area contributed by atoms with Gasteiger partial charge in [0.15, 0.2) is 0 Å². The van der Waals surface area contributed by atoms with Gasteiger partial charge in [0.1, 0.15) is 5.01 Å². The molecule has 3 heterocycles. The van der Waals surface area contributed by atoms with Crippen LogP contribution < -0.4 is 11.1 Å². The number of fused-ring (bicyclic) bond motifs is 1. The molecular formula is C17H18N6S2. The van der Waals surface area contributed by atoms with E-state index in [-0.39, 0.29) is 6.04 Å². The molecule has 0 aliphatic rings. The van der Waals surface area contributed by atoms with Gasteiger partial charge in [0.25, 0.3) is 0 Å². The Balaban J connectivity index is 1.45. The van der Waals surface area contributed by atoms with E-state index in [4.69, 9.17) is 5.73 Å². The summed E-state index contributed by atoms with van der Waals surface area (Å²) in [5, 5.41) is 23.8. The van der Waals surface area contributed by atoms with E-state index in [1.54, 1.807) is 22.7 Å². The van der Waals surface area contributed by atoms with Crippen molar-refractivity contribution in [2.45, 2.75) is 19.4 Å². The van der Waals surface area contributed by atoms with E-state index < -0.39 is 0 Å². The minimum Gasteiger partial charge on any atom is -0.359 e. The van der Waals surface area contributed by atoms with Crippen LogP contribution >= 0.6 is 22.7 Å². The van der Waals surface area contributed by atoms with Gasteiger partial charge in [-0.25, -0.2) is 0 Å². The van der Waals surface area contributed by atoms with Gasteiger partial charge in [0.2, 0.25) is 5.13 Å². The number of aryl methyl sites for hydroxylation is 1. The van der Waals surface area contributed by atoms with Crippen molar-refractivity contribution in [2.75, 3.05) is 11.9 Å². The molecule has 0 spiro atoms. The lowest BCUT2D eigenvalue weighted by Crippen LogP contribution is -2.30. The number of aromatic nitrogens is 4. The molecule has 0 aliphatic heterocycles. The first kappa shape index (κ1) is 16.2. The minimum absolute atomic E-state index is 0.0509. The molecule has 4 aromatic rings. The summed E-state index contributed by atoms with van der Waals surface area (Å²) >= 11 is 3.28. The summed E-state index contributed by atoms with van der Waals surface area (Å²) in [6.07, 6.45) is 2.69. The number of rotatable bonds is 6. The molecule has 25 heavy (non-hydrogen) atoms. The Morgan fingerprint density at radius 2 is 2.24 bits per heavy atom. The van der Waals surface area contributed by atoms with Gasteiger partial charge in [-0.05, 0) is 42.5 Å². The van der Waals surface area contributed by atoms with Crippen molar-refractivity contribution in [2.24, 2.45) is 5.73 Å². The molecule has 4 rings (SSSR count). The first-order valence-corrected chi connectivity index (χ1v) is 9.68. The number of anilines is 1. The van der Waals surface area contributed by atoms with Gasteiger partial charge in [0, 0.05) is 28.4 Å².